The van der Waals surface area contributed by atoms with Crippen LogP contribution in [0.4, 0.5) is 10.5 Å². The zero-order valence-corrected chi connectivity index (χ0v) is 16.1. The van der Waals surface area contributed by atoms with Crippen LogP contribution in [-0.2, 0) is 4.79 Å². The molecule has 0 spiro atoms. The summed E-state index contributed by atoms with van der Waals surface area (Å²) in [5, 5.41) is 15.7. The molecule has 6 heteroatoms. The molecule has 150 valence electrons. The highest BCUT2D eigenvalue weighted by atomic mass is 16.4. The maximum Gasteiger partial charge on any atom is 0.339 e. The van der Waals surface area contributed by atoms with Gasteiger partial charge in [-0.3, -0.25) is 4.79 Å². The number of hydrogen-bond acceptors (Lipinski definition) is 3. The van der Waals surface area contributed by atoms with Crippen molar-refractivity contribution >= 4 is 23.9 Å². The van der Waals surface area contributed by atoms with Gasteiger partial charge in [0, 0.05) is 24.2 Å². The lowest BCUT2D eigenvalue weighted by atomic mass is 9.78. The highest BCUT2D eigenvalue weighted by Crippen LogP contribution is 2.52. The van der Waals surface area contributed by atoms with Crippen molar-refractivity contribution in [1.29, 1.82) is 0 Å². The summed E-state index contributed by atoms with van der Waals surface area (Å²) in [5.41, 5.74) is 3.32. The van der Waals surface area contributed by atoms with E-state index in [9.17, 15) is 9.59 Å². The number of anilines is 1. The molecule has 0 aromatic heterocycles. The first-order valence-electron chi connectivity index (χ1n) is 10.2. The van der Waals surface area contributed by atoms with Gasteiger partial charge in [-0.25, -0.2) is 10.2 Å². The molecule has 2 aliphatic carbocycles. The van der Waals surface area contributed by atoms with Crippen LogP contribution in [0.2, 0.25) is 0 Å². The van der Waals surface area contributed by atoms with Crippen LogP contribution in [0.15, 0.2) is 47.6 Å². The average Bonchev–Trinajstić information content (AvgIpc) is 3.27. The molecule has 3 rings (SSSR count). The van der Waals surface area contributed by atoms with Gasteiger partial charge >= 0.3 is 12.0 Å². The number of rotatable bonds is 9. The number of hydrazone groups is 1. The van der Waals surface area contributed by atoms with E-state index in [0.29, 0.717) is 24.2 Å². The quantitative estimate of drug-likeness (QED) is 0.251. The maximum absolute atomic E-state index is 12.0. The minimum Gasteiger partial charge on any atom is -0.481 e. The molecule has 0 aliphatic heterocycles. The van der Waals surface area contributed by atoms with Gasteiger partial charge in [-0.15, -0.1) is 0 Å². The number of aliphatic carboxylic acids is 1. The number of nitrogens with one attached hydrogen (secondary N) is 2. The molecule has 2 aliphatic rings. The van der Waals surface area contributed by atoms with Crippen molar-refractivity contribution in [3.63, 3.8) is 0 Å². The Hall–Kier alpha value is -2.63. The first-order chi connectivity index (χ1) is 13.6. The van der Waals surface area contributed by atoms with Crippen LogP contribution in [0.5, 0.6) is 0 Å². The topological polar surface area (TPSA) is 90.8 Å². The summed E-state index contributed by atoms with van der Waals surface area (Å²) in [6, 6.07) is 8.97. The van der Waals surface area contributed by atoms with Gasteiger partial charge in [0.2, 0.25) is 0 Å². The van der Waals surface area contributed by atoms with Crippen molar-refractivity contribution in [1.82, 2.24) is 5.43 Å². The normalized spacial score (nSPS) is 26.1. The average molecular weight is 383 g/mol. The number of fused-ring (bicyclic) bond motifs is 2. The Labute approximate surface area is 166 Å². The zero-order chi connectivity index (χ0) is 19.8. The minimum atomic E-state index is -0.735. The Kier molecular flexibility index (Phi) is 7.23. The van der Waals surface area contributed by atoms with Gasteiger partial charge in [0.25, 0.3) is 0 Å². The molecule has 4 atom stereocenters. The number of hydrogen-bond donors (Lipinski definition) is 3. The van der Waals surface area contributed by atoms with E-state index in [4.69, 9.17) is 5.11 Å². The van der Waals surface area contributed by atoms with E-state index in [1.54, 1.807) is 0 Å². The predicted molar refractivity (Wildman–Crippen MR) is 110 cm³/mol. The summed E-state index contributed by atoms with van der Waals surface area (Å²) in [7, 11) is 0. The third-order valence-corrected chi connectivity index (χ3v) is 5.94. The molecule has 0 heterocycles. The van der Waals surface area contributed by atoms with Crippen molar-refractivity contribution in [2.24, 2.45) is 28.8 Å². The Balaban J connectivity index is 1.46. The van der Waals surface area contributed by atoms with E-state index in [2.05, 4.69) is 28.0 Å². The molecule has 0 saturated heterocycles. The molecule has 4 unspecified atom stereocenters. The van der Waals surface area contributed by atoms with Gasteiger partial charge < -0.3 is 10.4 Å². The van der Waals surface area contributed by atoms with Crippen molar-refractivity contribution in [3.05, 3.63) is 42.5 Å². The van der Waals surface area contributed by atoms with Crippen molar-refractivity contribution in [3.8, 4) is 0 Å². The second kappa shape index (κ2) is 10.1. The third-order valence-electron chi connectivity index (χ3n) is 5.94. The number of nitrogens with zero attached hydrogens (tertiary/aromatic N) is 1. The van der Waals surface area contributed by atoms with Gasteiger partial charge in [0.15, 0.2) is 0 Å². The van der Waals surface area contributed by atoms with E-state index < -0.39 is 5.97 Å². The number of benzene rings is 1. The lowest BCUT2D eigenvalue weighted by Gasteiger charge is -2.27. The molecule has 2 saturated carbocycles. The van der Waals surface area contributed by atoms with E-state index >= 15 is 0 Å². The number of amides is 2. The van der Waals surface area contributed by atoms with E-state index in [0.717, 1.165) is 24.4 Å². The molecular weight excluding hydrogens is 354 g/mol. The molecular formula is C22H29N3O3. The first-order valence-corrected chi connectivity index (χ1v) is 10.2. The van der Waals surface area contributed by atoms with E-state index in [1.807, 2.05) is 36.5 Å². The SMILES string of the molecule is O=C(O)CCC/C=C\CC1C2CCC(C2)C1C=NNC(=O)Nc1ccccc1. The highest BCUT2D eigenvalue weighted by Gasteiger charge is 2.45. The summed E-state index contributed by atoms with van der Waals surface area (Å²) in [6.07, 6.45) is 12.7. The Morgan fingerprint density at radius 2 is 1.93 bits per heavy atom. The summed E-state index contributed by atoms with van der Waals surface area (Å²) in [4.78, 5) is 22.5. The summed E-state index contributed by atoms with van der Waals surface area (Å²) in [6.45, 7) is 0. The van der Waals surface area contributed by atoms with Crippen LogP contribution in [0, 0.1) is 23.7 Å². The smallest absolute Gasteiger partial charge is 0.339 e. The van der Waals surface area contributed by atoms with Gasteiger partial charge in [-0.1, -0.05) is 30.4 Å². The van der Waals surface area contributed by atoms with Crippen molar-refractivity contribution < 1.29 is 14.7 Å². The molecule has 1 aromatic carbocycles. The van der Waals surface area contributed by atoms with Gasteiger partial charge in [-0.2, -0.15) is 5.10 Å². The van der Waals surface area contributed by atoms with Crippen molar-refractivity contribution in [2.45, 2.75) is 44.9 Å². The summed E-state index contributed by atoms with van der Waals surface area (Å²) >= 11 is 0. The monoisotopic (exact) mass is 383 g/mol. The van der Waals surface area contributed by atoms with E-state index in [-0.39, 0.29) is 12.5 Å². The summed E-state index contributed by atoms with van der Waals surface area (Å²) < 4.78 is 0. The largest absolute Gasteiger partial charge is 0.481 e. The number of para-hydroxylation sites is 1. The molecule has 28 heavy (non-hydrogen) atoms. The van der Waals surface area contributed by atoms with Crippen LogP contribution in [-0.4, -0.2) is 23.3 Å². The second-order valence-electron chi connectivity index (χ2n) is 7.78. The third kappa shape index (κ3) is 5.68. The van der Waals surface area contributed by atoms with Crippen LogP contribution >= 0.6 is 0 Å². The number of urea groups is 1. The highest BCUT2D eigenvalue weighted by molar-refractivity contribution is 5.89. The fraction of sp³-hybridized carbons (Fsp3) is 0.500. The second-order valence-corrected chi connectivity index (χ2v) is 7.78. The molecule has 2 fully saturated rings. The molecule has 1 aromatic rings. The molecule has 3 N–H and O–H groups in total. The minimum absolute atomic E-state index is 0.227. The predicted octanol–water partition coefficient (Wildman–Crippen LogP) is 4.66. The van der Waals surface area contributed by atoms with Gasteiger partial charge in [-0.05, 0) is 68.4 Å². The first kappa shape index (κ1) is 20.1. The fourth-order valence-corrected chi connectivity index (χ4v) is 4.64. The van der Waals surface area contributed by atoms with Gasteiger partial charge in [0.1, 0.15) is 0 Å². The van der Waals surface area contributed by atoms with Crippen LogP contribution in [0.25, 0.3) is 0 Å². The fourth-order valence-electron chi connectivity index (χ4n) is 4.64. The number of carboxylic acids is 1. The molecule has 2 amide bonds. The molecule has 0 radical (unpaired) electrons. The zero-order valence-electron chi connectivity index (χ0n) is 16.1. The Bertz CT molecular complexity index is 717. The summed E-state index contributed by atoms with van der Waals surface area (Å²) in [5.74, 6) is 1.64. The Morgan fingerprint density at radius 3 is 2.71 bits per heavy atom. The number of allylic oxidation sites excluding steroid dienone is 2. The lowest BCUT2D eigenvalue weighted by molar-refractivity contribution is -0.137. The molecule has 2 bridgehead atoms. The Morgan fingerprint density at radius 1 is 1.14 bits per heavy atom. The van der Waals surface area contributed by atoms with Crippen LogP contribution in [0.3, 0.4) is 0 Å². The number of carboxylic acid groups (broad SMARTS) is 1. The standard InChI is InChI=1S/C22H29N3O3/c26-21(27)11-7-2-1-6-10-19-16-12-13-17(14-16)20(19)15-23-25-22(28)24-18-8-4-3-5-9-18/h1,3-6,8-9,15-17,19-20H,2,7,10-14H2,(H,26,27)(H2,24,25,28)/b6-1-,23-15?. The van der Waals surface area contributed by atoms with E-state index in [1.165, 1.54) is 19.3 Å². The lowest BCUT2D eigenvalue weighted by Crippen LogP contribution is -2.27. The van der Waals surface area contributed by atoms with Crippen molar-refractivity contribution in [2.75, 3.05) is 5.32 Å². The van der Waals surface area contributed by atoms with Crippen LogP contribution < -0.4 is 10.7 Å². The number of unbranched alkanes of at least 4 members (excludes halogenated alkanes) is 1. The number of carbonyl (C=O) groups excluding carboxylic acids is 1. The maximum atomic E-state index is 12.0. The molecule has 6 nitrogen and oxygen atoms in total. The van der Waals surface area contributed by atoms with Crippen LogP contribution in [0.1, 0.15) is 44.9 Å². The van der Waals surface area contributed by atoms with Gasteiger partial charge in [0.05, 0.1) is 0 Å². The number of carbonyl (C=O) groups is 2.